The van der Waals surface area contributed by atoms with Crippen LogP contribution in [0.3, 0.4) is 0 Å². The summed E-state index contributed by atoms with van der Waals surface area (Å²) in [6.45, 7) is 0.206. The van der Waals surface area contributed by atoms with Crippen LogP contribution in [0.15, 0.2) is 41.3 Å². The summed E-state index contributed by atoms with van der Waals surface area (Å²) in [5.41, 5.74) is 1.03. The Hall–Kier alpha value is -2.67. The molecule has 0 unspecified atom stereocenters. The van der Waals surface area contributed by atoms with Crippen LogP contribution in [0.2, 0.25) is 0 Å². The maximum absolute atomic E-state index is 12.0. The van der Waals surface area contributed by atoms with Crippen molar-refractivity contribution in [1.29, 1.82) is 0 Å². The molecule has 2 rings (SSSR count). The number of hydrogen-bond donors (Lipinski definition) is 1. The molecule has 0 aliphatic carbocycles. The van der Waals surface area contributed by atoms with Crippen LogP contribution in [0.4, 0.5) is 5.69 Å². The van der Waals surface area contributed by atoms with Crippen LogP contribution in [0, 0.1) is 10.1 Å². The average molecular weight is 304 g/mol. The molecule has 7 heteroatoms. The predicted molar refractivity (Wildman–Crippen MR) is 80.2 cm³/mol. The normalized spacial score (nSPS) is 10.5. The standard InChI is InChI=1S/C15H16N2O5/c1-22-14-3-2-12(8-13(14)17(20)21)10-16-6-4-11(5-7-18)9-15(16)19/h2-4,6,8-9,18H,5,7,10H2,1H3. The van der Waals surface area contributed by atoms with Gasteiger partial charge in [-0.05, 0) is 29.7 Å². The van der Waals surface area contributed by atoms with E-state index in [1.165, 1.54) is 29.9 Å². The highest BCUT2D eigenvalue weighted by atomic mass is 16.6. The number of pyridine rings is 1. The summed E-state index contributed by atoms with van der Waals surface area (Å²) >= 11 is 0. The average Bonchev–Trinajstić information content (AvgIpc) is 2.50. The third-order valence-corrected chi connectivity index (χ3v) is 3.25. The molecule has 0 amide bonds. The predicted octanol–water partition coefficient (Wildman–Crippen LogP) is 1.35. The van der Waals surface area contributed by atoms with E-state index in [9.17, 15) is 14.9 Å². The van der Waals surface area contributed by atoms with Gasteiger partial charge in [0.15, 0.2) is 5.75 Å². The Bertz CT molecular complexity index is 739. The van der Waals surface area contributed by atoms with Gasteiger partial charge in [0.25, 0.3) is 5.56 Å². The molecule has 0 saturated carbocycles. The summed E-state index contributed by atoms with van der Waals surface area (Å²) in [7, 11) is 1.37. The molecule has 0 radical (unpaired) electrons. The Morgan fingerprint density at radius 2 is 2.05 bits per heavy atom. The number of nitro benzene ring substituents is 1. The second-order valence-corrected chi connectivity index (χ2v) is 4.74. The van der Waals surface area contributed by atoms with Gasteiger partial charge in [0.05, 0.1) is 18.6 Å². The molecular weight excluding hydrogens is 288 g/mol. The summed E-state index contributed by atoms with van der Waals surface area (Å²) in [5.74, 6) is 0.180. The van der Waals surface area contributed by atoms with Crippen LogP contribution in [0.5, 0.6) is 5.75 Å². The molecule has 1 heterocycles. The summed E-state index contributed by atoms with van der Waals surface area (Å²) in [5, 5.41) is 19.9. The number of nitro groups is 1. The lowest BCUT2D eigenvalue weighted by molar-refractivity contribution is -0.385. The molecule has 0 bridgehead atoms. The molecule has 1 N–H and O–H groups in total. The summed E-state index contributed by atoms with van der Waals surface area (Å²) < 4.78 is 6.40. The fourth-order valence-electron chi connectivity index (χ4n) is 2.14. The molecule has 2 aromatic rings. The van der Waals surface area contributed by atoms with Gasteiger partial charge in [0.1, 0.15) is 0 Å². The Morgan fingerprint density at radius 1 is 1.27 bits per heavy atom. The smallest absolute Gasteiger partial charge is 0.311 e. The number of aromatic nitrogens is 1. The van der Waals surface area contributed by atoms with E-state index < -0.39 is 4.92 Å². The van der Waals surface area contributed by atoms with E-state index in [4.69, 9.17) is 9.84 Å². The first kappa shape index (κ1) is 15.7. The zero-order chi connectivity index (χ0) is 16.1. The molecule has 7 nitrogen and oxygen atoms in total. The second kappa shape index (κ2) is 6.86. The molecule has 1 aromatic heterocycles. The third-order valence-electron chi connectivity index (χ3n) is 3.25. The Labute approximate surface area is 126 Å². The summed E-state index contributed by atoms with van der Waals surface area (Å²) in [4.78, 5) is 22.5. The largest absolute Gasteiger partial charge is 0.490 e. The van der Waals surface area contributed by atoms with Crippen LogP contribution in [-0.2, 0) is 13.0 Å². The van der Waals surface area contributed by atoms with Gasteiger partial charge in [-0.25, -0.2) is 0 Å². The number of rotatable bonds is 6. The van der Waals surface area contributed by atoms with Gasteiger partial charge >= 0.3 is 5.69 Å². The van der Waals surface area contributed by atoms with Crippen LogP contribution in [0.1, 0.15) is 11.1 Å². The highest BCUT2D eigenvalue weighted by molar-refractivity contribution is 5.48. The molecule has 0 aliphatic rings. The molecule has 0 aliphatic heterocycles. The number of methoxy groups -OCH3 is 1. The zero-order valence-corrected chi connectivity index (χ0v) is 12.1. The Morgan fingerprint density at radius 3 is 2.64 bits per heavy atom. The van der Waals surface area contributed by atoms with E-state index in [2.05, 4.69) is 0 Å². The molecule has 0 fully saturated rings. The zero-order valence-electron chi connectivity index (χ0n) is 12.1. The third kappa shape index (κ3) is 3.50. The lowest BCUT2D eigenvalue weighted by Gasteiger charge is -2.08. The van der Waals surface area contributed by atoms with Gasteiger partial charge < -0.3 is 14.4 Å². The van der Waals surface area contributed by atoms with Crippen molar-refractivity contribution in [3.05, 3.63) is 68.1 Å². The van der Waals surface area contributed by atoms with Crippen molar-refractivity contribution in [3.63, 3.8) is 0 Å². The van der Waals surface area contributed by atoms with Gasteiger partial charge in [-0.1, -0.05) is 6.07 Å². The fourth-order valence-corrected chi connectivity index (χ4v) is 2.14. The van der Waals surface area contributed by atoms with Crippen molar-refractivity contribution in [1.82, 2.24) is 4.57 Å². The number of aliphatic hydroxyl groups is 1. The molecule has 0 atom stereocenters. The van der Waals surface area contributed by atoms with Crippen molar-refractivity contribution in [2.75, 3.05) is 13.7 Å². The van der Waals surface area contributed by atoms with Crippen LogP contribution in [0.25, 0.3) is 0 Å². The minimum Gasteiger partial charge on any atom is -0.490 e. The van der Waals surface area contributed by atoms with Gasteiger partial charge in [-0.15, -0.1) is 0 Å². The van der Waals surface area contributed by atoms with Crippen molar-refractivity contribution >= 4 is 5.69 Å². The number of nitrogens with zero attached hydrogens (tertiary/aromatic N) is 2. The molecule has 0 saturated heterocycles. The summed E-state index contributed by atoms with van der Waals surface area (Å²) in [6.07, 6.45) is 2.04. The highest BCUT2D eigenvalue weighted by Gasteiger charge is 2.15. The first-order valence-corrected chi connectivity index (χ1v) is 6.66. The quantitative estimate of drug-likeness (QED) is 0.642. The van der Waals surface area contributed by atoms with Gasteiger partial charge in [0, 0.05) is 24.9 Å². The van der Waals surface area contributed by atoms with Crippen molar-refractivity contribution in [2.24, 2.45) is 0 Å². The van der Waals surface area contributed by atoms with Crippen molar-refractivity contribution in [2.45, 2.75) is 13.0 Å². The van der Waals surface area contributed by atoms with E-state index >= 15 is 0 Å². The maximum Gasteiger partial charge on any atom is 0.311 e. The van der Waals surface area contributed by atoms with E-state index in [1.807, 2.05) is 0 Å². The molecule has 116 valence electrons. The molecular formula is C15H16N2O5. The van der Waals surface area contributed by atoms with Crippen LogP contribution in [-0.4, -0.2) is 28.3 Å². The minimum absolute atomic E-state index is 0.0197. The summed E-state index contributed by atoms with van der Waals surface area (Å²) in [6, 6.07) is 7.79. The van der Waals surface area contributed by atoms with Gasteiger partial charge in [0.2, 0.25) is 0 Å². The van der Waals surface area contributed by atoms with E-state index in [1.54, 1.807) is 18.3 Å². The van der Waals surface area contributed by atoms with Crippen molar-refractivity contribution in [3.8, 4) is 5.75 Å². The molecule has 1 aromatic carbocycles. The minimum atomic E-state index is -0.518. The highest BCUT2D eigenvalue weighted by Crippen LogP contribution is 2.27. The monoisotopic (exact) mass is 304 g/mol. The Balaban J connectivity index is 2.29. The van der Waals surface area contributed by atoms with E-state index in [-0.39, 0.29) is 30.1 Å². The lowest BCUT2D eigenvalue weighted by Crippen LogP contribution is -2.20. The Kier molecular flexibility index (Phi) is 4.90. The number of hydrogen-bond acceptors (Lipinski definition) is 5. The van der Waals surface area contributed by atoms with Crippen LogP contribution >= 0.6 is 0 Å². The number of ether oxygens (including phenoxy) is 1. The van der Waals surface area contributed by atoms with Crippen LogP contribution < -0.4 is 10.3 Å². The van der Waals surface area contributed by atoms with E-state index in [0.717, 1.165) is 5.56 Å². The topological polar surface area (TPSA) is 94.6 Å². The SMILES string of the molecule is COc1ccc(Cn2ccc(CCO)cc2=O)cc1[N+](=O)[O-]. The first-order chi connectivity index (χ1) is 10.5. The fraction of sp³-hybridized carbons (Fsp3) is 0.267. The van der Waals surface area contributed by atoms with Gasteiger partial charge in [-0.2, -0.15) is 0 Å². The number of benzene rings is 1. The first-order valence-electron chi connectivity index (χ1n) is 6.66. The maximum atomic E-state index is 12.0. The van der Waals surface area contributed by atoms with Gasteiger partial charge in [-0.3, -0.25) is 14.9 Å². The lowest BCUT2D eigenvalue weighted by atomic mass is 10.1. The van der Waals surface area contributed by atoms with Crippen molar-refractivity contribution < 1.29 is 14.8 Å². The number of aliphatic hydroxyl groups excluding tert-OH is 1. The second-order valence-electron chi connectivity index (χ2n) is 4.74. The molecule has 0 spiro atoms. The van der Waals surface area contributed by atoms with E-state index in [0.29, 0.717) is 12.0 Å². The molecule has 22 heavy (non-hydrogen) atoms.